The Morgan fingerprint density at radius 3 is 2.44 bits per heavy atom. The first kappa shape index (κ1) is 22.4. The predicted octanol–water partition coefficient (Wildman–Crippen LogP) is 3.49. The summed E-state index contributed by atoms with van der Waals surface area (Å²) in [7, 11) is 3.02. The average molecular weight is 433 g/mol. The van der Waals surface area contributed by atoms with Crippen molar-refractivity contribution >= 4 is 23.7 Å². The molecule has 8 nitrogen and oxygen atoms in total. The predicted molar refractivity (Wildman–Crippen MR) is 122 cm³/mol. The van der Waals surface area contributed by atoms with Crippen LogP contribution in [0.2, 0.25) is 0 Å². The molecule has 0 atom stereocenters. The van der Waals surface area contributed by atoms with E-state index in [4.69, 9.17) is 14.2 Å². The summed E-state index contributed by atoms with van der Waals surface area (Å²) >= 11 is 0. The maximum Gasteiger partial charge on any atom is 0.271 e. The van der Waals surface area contributed by atoms with Crippen LogP contribution in [0.25, 0.3) is 0 Å². The number of nitrogens with one attached hydrogen (secondary N) is 2. The van der Waals surface area contributed by atoms with Crippen LogP contribution in [0.1, 0.15) is 15.9 Å². The SMILES string of the molecule is COc1ccc(C(=O)N/N=C/c2cccc(OCC(=O)Nc3ccccc3)c2)cc1OC. The second-order valence-electron chi connectivity index (χ2n) is 6.54. The summed E-state index contributed by atoms with van der Waals surface area (Å²) in [6.07, 6.45) is 1.48. The molecule has 8 heteroatoms. The molecule has 0 radical (unpaired) electrons. The van der Waals surface area contributed by atoms with E-state index in [2.05, 4.69) is 15.8 Å². The van der Waals surface area contributed by atoms with Gasteiger partial charge < -0.3 is 19.5 Å². The first-order valence-corrected chi connectivity index (χ1v) is 9.72. The lowest BCUT2D eigenvalue weighted by molar-refractivity contribution is -0.118. The molecule has 0 unspecified atom stereocenters. The van der Waals surface area contributed by atoms with E-state index in [1.165, 1.54) is 20.4 Å². The molecule has 0 bridgehead atoms. The first-order chi connectivity index (χ1) is 15.6. The Hall–Kier alpha value is -4.33. The third-order valence-corrected chi connectivity index (χ3v) is 4.31. The smallest absolute Gasteiger partial charge is 0.271 e. The van der Waals surface area contributed by atoms with E-state index >= 15 is 0 Å². The maximum atomic E-state index is 12.3. The highest BCUT2D eigenvalue weighted by atomic mass is 16.5. The van der Waals surface area contributed by atoms with E-state index in [0.717, 1.165) is 0 Å². The van der Waals surface area contributed by atoms with Gasteiger partial charge in [0.15, 0.2) is 18.1 Å². The molecule has 0 aliphatic heterocycles. The van der Waals surface area contributed by atoms with Gasteiger partial charge in [-0.15, -0.1) is 0 Å². The van der Waals surface area contributed by atoms with E-state index in [1.54, 1.807) is 54.6 Å². The van der Waals surface area contributed by atoms with Crippen LogP contribution in [0.4, 0.5) is 5.69 Å². The van der Waals surface area contributed by atoms with Crippen LogP contribution >= 0.6 is 0 Å². The van der Waals surface area contributed by atoms with Gasteiger partial charge in [-0.05, 0) is 48.0 Å². The molecule has 3 aromatic rings. The lowest BCUT2D eigenvalue weighted by Crippen LogP contribution is -2.20. The fourth-order valence-electron chi connectivity index (χ4n) is 2.76. The number of hydrogen-bond acceptors (Lipinski definition) is 6. The molecule has 0 aromatic heterocycles. The molecular formula is C24H23N3O5. The molecule has 32 heavy (non-hydrogen) atoms. The second kappa shape index (κ2) is 11.2. The van der Waals surface area contributed by atoms with Crippen molar-refractivity contribution in [1.29, 1.82) is 0 Å². The molecule has 0 aliphatic rings. The summed E-state index contributed by atoms with van der Waals surface area (Å²) < 4.78 is 15.9. The minimum Gasteiger partial charge on any atom is -0.493 e. The van der Waals surface area contributed by atoms with Gasteiger partial charge >= 0.3 is 0 Å². The number of nitrogens with zero attached hydrogens (tertiary/aromatic N) is 1. The lowest BCUT2D eigenvalue weighted by Gasteiger charge is -2.09. The van der Waals surface area contributed by atoms with Gasteiger partial charge in [-0.3, -0.25) is 9.59 Å². The summed E-state index contributed by atoms with van der Waals surface area (Å²) in [6, 6.07) is 21.0. The summed E-state index contributed by atoms with van der Waals surface area (Å²) in [4.78, 5) is 24.3. The Labute approximate surface area is 185 Å². The molecule has 3 aromatic carbocycles. The van der Waals surface area contributed by atoms with Crippen molar-refractivity contribution in [1.82, 2.24) is 5.43 Å². The van der Waals surface area contributed by atoms with Crippen molar-refractivity contribution in [2.75, 3.05) is 26.1 Å². The van der Waals surface area contributed by atoms with Crippen molar-refractivity contribution in [3.8, 4) is 17.2 Å². The largest absolute Gasteiger partial charge is 0.493 e. The Bertz CT molecular complexity index is 1100. The van der Waals surface area contributed by atoms with Crippen molar-refractivity contribution < 1.29 is 23.8 Å². The Morgan fingerprint density at radius 1 is 0.906 bits per heavy atom. The third kappa shape index (κ3) is 6.33. The number of amides is 2. The van der Waals surface area contributed by atoms with Crippen LogP contribution in [0.15, 0.2) is 77.9 Å². The van der Waals surface area contributed by atoms with Gasteiger partial charge in [0.25, 0.3) is 11.8 Å². The fraction of sp³-hybridized carbons (Fsp3) is 0.125. The van der Waals surface area contributed by atoms with Gasteiger partial charge in [-0.2, -0.15) is 5.10 Å². The monoisotopic (exact) mass is 433 g/mol. The Kier molecular flexibility index (Phi) is 7.80. The third-order valence-electron chi connectivity index (χ3n) is 4.31. The summed E-state index contributed by atoms with van der Waals surface area (Å²) in [6.45, 7) is -0.133. The highest BCUT2D eigenvalue weighted by Gasteiger charge is 2.10. The number of rotatable bonds is 9. The minimum atomic E-state index is -0.396. The number of carbonyl (C=O) groups is 2. The van der Waals surface area contributed by atoms with Crippen LogP contribution < -0.4 is 25.0 Å². The lowest BCUT2D eigenvalue weighted by atomic mass is 10.2. The topological polar surface area (TPSA) is 98.3 Å². The van der Waals surface area contributed by atoms with Crippen molar-refractivity contribution in [3.05, 3.63) is 83.9 Å². The maximum absolute atomic E-state index is 12.3. The van der Waals surface area contributed by atoms with E-state index in [-0.39, 0.29) is 12.5 Å². The van der Waals surface area contributed by atoms with Gasteiger partial charge in [-0.1, -0.05) is 30.3 Å². The number of carbonyl (C=O) groups excluding carboxylic acids is 2. The number of benzene rings is 3. The highest BCUT2D eigenvalue weighted by molar-refractivity contribution is 5.95. The minimum absolute atomic E-state index is 0.133. The van der Waals surface area contributed by atoms with Gasteiger partial charge in [0.05, 0.1) is 20.4 Å². The van der Waals surface area contributed by atoms with Gasteiger partial charge in [-0.25, -0.2) is 5.43 Å². The first-order valence-electron chi connectivity index (χ1n) is 9.72. The summed E-state index contributed by atoms with van der Waals surface area (Å²) in [5.74, 6) is 0.820. The average Bonchev–Trinajstić information content (AvgIpc) is 2.83. The molecule has 0 aliphatic carbocycles. The zero-order chi connectivity index (χ0) is 22.8. The molecule has 0 heterocycles. The normalized spacial score (nSPS) is 10.4. The molecular weight excluding hydrogens is 410 g/mol. The number of ether oxygens (including phenoxy) is 3. The molecule has 3 rings (SSSR count). The molecule has 0 fully saturated rings. The Balaban J connectivity index is 1.54. The van der Waals surface area contributed by atoms with Gasteiger partial charge in [0.2, 0.25) is 0 Å². The van der Waals surface area contributed by atoms with E-state index in [9.17, 15) is 9.59 Å². The second-order valence-corrected chi connectivity index (χ2v) is 6.54. The van der Waals surface area contributed by atoms with Crippen LogP contribution in [-0.4, -0.2) is 38.9 Å². The molecule has 2 amide bonds. The van der Waals surface area contributed by atoms with Crippen LogP contribution in [0.3, 0.4) is 0 Å². The van der Waals surface area contributed by atoms with Crippen LogP contribution in [0.5, 0.6) is 17.2 Å². The zero-order valence-corrected chi connectivity index (χ0v) is 17.7. The van der Waals surface area contributed by atoms with Gasteiger partial charge in [0, 0.05) is 11.3 Å². The molecule has 0 saturated carbocycles. The van der Waals surface area contributed by atoms with E-state index in [0.29, 0.717) is 34.1 Å². The van der Waals surface area contributed by atoms with Crippen LogP contribution in [-0.2, 0) is 4.79 Å². The number of anilines is 1. The van der Waals surface area contributed by atoms with Crippen molar-refractivity contribution in [2.45, 2.75) is 0 Å². The molecule has 164 valence electrons. The summed E-state index contributed by atoms with van der Waals surface area (Å²) in [5, 5.41) is 6.73. The quantitative estimate of drug-likeness (QED) is 0.398. The fourth-order valence-corrected chi connectivity index (χ4v) is 2.76. The number of methoxy groups -OCH3 is 2. The molecule has 0 spiro atoms. The number of para-hydroxylation sites is 1. The number of hydrazone groups is 1. The van der Waals surface area contributed by atoms with Crippen molar-refractivity contribution in [2.24, 2.45) is 5.10 Å². The molecule has 2 N–H and O–H groups in total. The van der Waals surface area contributed by atoms with Crippen LogP contribution in [0, 0.1) is 0 Å². The highest BCUT2D eigenvalue weighted by Crippen LogP contribution is 2.27. The Morgan fingerprint density at radius 2 is 1.69 bits per heavy atom. The molecule has 0 saturated heterocycles. The zero-order valence-electron chi connectivity index (χ0n) is 17.7. The summed E-state index contributed by atoms with van der Waals surface area (Å²) in [5.41, 5.74) is 4.23. The van der Waals surface area contributed by atoms with Crippen molar-refractivity contribution in [3.63, 3.8) is 0 Å². The van der Waals surface area contributed by atoms with E-state index < -0.39 is 5.91 Å². The van der Waals surface area contributed by atoms with E-state index in [1.807, 2.05) is 18.2 Å². The van der Waals surface area contributed by atoms with Gasteiger partial charge in [0.1, 0.15) is 5.75 Å². The number of hydrogen-bond donors (Lipinski definition) is 2. The standard InChI is InChI=1S/C24H23N3O5/c1-30-21-12-11-18(14-22(21)31-2)24(29)27-25-15-17-7-6-10-20(13-17)32-16-23(28)26-19-8-4-3-5-9-19/h3-15H,16H2,1-2H3,(H,26,28)(H,27,29)/b25-15+.